The summed E-state index contributed by atoms with van der Waals surface area (Å²) in [7, 11) is 1.52. The number of furan rings is 1. The Labute approximate surface area is 181 Å². The summed E-state index contributed by atoms with van der Waals surface area (Å²) in [6, 6.07) is 16.7. The number of carbonyl (C=O) groups is 2. The van der Waals surface area contributed by atoms with Crippen LogP contribution in [0.3, 0.4) is 0 Å². The number of benzene rings is 2. The molecule has 6 nitrogen and oxygen atoms in total. The van der Waals surface area contributed by atoms with Crippen molar-refractivity contribution < 1.29 is 18.7 Å². The minimum Gasteiger partial charge on any atom is -0.494 e. The maximum absolute atomic E-state index is 13.4. The number of aryl methyl sites for hydroxylation is 1. The molecule has 1 saturated carbocycles. The van der Waals surface area contributed by atoms with Gasteiger partial charge in [-0.1, -0.05) is 42.7 Å². The third kappa shape index (κ3) is 4.19. The number of rotatable bonds is 6. The van der Waals surface area contributed by atoms with Crippen molar-refractivity contribution in [2.75, 3.05) is 17.7 Å². The van der Waals surface area contributed by atoms with Crippen LogP contribution in [0, 0.1) is 6.92 Å². The summed E-state index contributed by atoms with van der Waals surface area (Å²) in [5, 5.41) is 5.84. The molecule has 1 fully saturated rings. The number of hydrogen-bond acceptors (Lipinski definition) is 4. The molecule has 1 heterocycles. The Kier molecular flexibility index (Phi) is 5.80. The predicted octanol–water partition coefficient (Wildman–Crippen LogP) is 5.30. The second kappa shape index (κ2) is 8.68. The van der Waals surface area contributed by atoms with Crippen molar-refractivity contribution in [1.29, 1.82) is 0 Å². The number of carbonyl (C=O) groups excluding carboxylic acids is 2. The average molecular weight is 418 g/mol. The maximum atomic E-state index is 13.4. The van der Waals surface area contributed by atoms with Gasteiger partial charge in [0, 0.05) is 11.8 Å². The van der Waals surface area contributed by atoms with Crippen LogP contribution in [-0.4, -0.2) is 18.9 Å². The van der Waals surface area contributed by atoms with Gasteiger partial charge in [-0.25, -0.2) is 0 Å². The van der Waals surface area contributed by atoms with Gasteiger partial charge in [0.2, 0.25) is 5.91 Å². The lowest BCUT2D eigenvalue weighted by Crippen LogP contribution is -2.38. The summed E-state index contributed by atoms with van der Waals surface area (Å²) in [5.41, 5.74) is 2.83. The van der Waals surface area contributed by atoms with E-state index >= 15 is 0 Å². The van der Waals surface area contributed by atoms with Crippen LogP contribution in [0.2, 0.25) is 0 Å². The highest BCUT2D eigenvalue weighted by molar-refractivity contribution is 6.04. The molecule has 2 aromatic carbocycles. The Hall–Kier alpha value is -3.54. The highest BCUT2D eigenvalue weighted by Gasteiger charge is 2.42. The van der Waals surface area contributed by atoms with Gasteiger partial charge in [-0.05, 0) is 49.6 Å². The highest BCUT2D eigenvalue weighted by Crippen LogP contribution is 2.42. The highest BCUT2D eigenvalue weighted by atomic mass is 16.5. The minimum absolute atomic E-state index is 0.0109. The molecule has 0 aliphatic heterocycles. The fourth-order valence-corrected chi connectivity index (χ4v) is 4.21. The van der Waals surface area contributed by atoms with Crippen molar-refractivity contribution >= 4 is 23.2 Å². The van der Waals surface area contributed by atoms with E-state index in [1.54, 1.807) is 30.3 Å². The molecule has 1 aliphatic carbocycles. The topological polar surface area (TPSA) is 80.6 Å². The smallest absolute Gasteiger partial charge is 0.291 e. The Bertz CT molecular complexity index is 1070. The van der Waals surface area contributed by atoms with Crippen molar-refractivity contribution in [1.82, 2.24) is 0 Å². The summed E-state index contributed by atoms with van der Waals surface area (Å²) in [4.78, 5) is 25.7. The maximum Gasteiger partial charge on any atom is 0.291 e. The fraction of sp³-hybridized carbons (Fsp3) is 0.280. The summed E-state index contributed by atoms with van der Waals surface area (Å²) >= 11 is 0. The first-order chi connectivity index (χ1) is 15.0. The molecule has 0 bridgehead atoms. The molecule has 1 aromatic heterocycles. The van der Waals surface area contributed by atoms with E-state index in [0.717, 1.165) is 31.2 Å². The quantitative estimate of drug-likeness (QED) is 0.569. The predicted molar refractivity (Wildman–Crippen MR) is 120 cm³/mol. The summed E-state index contributed by atoms with van der Waals surface area (Å²) in [5.74, 6) is 0.280. The zero-order valence-corrected chi connectivity index (χ0v) is 17.7. The third-order valence-corrected chi connectivity index (χ3v) is 5.95. The van der Waals surface area contributed by atoms with Crippen LogP contribution in [0.15, 0.2) is 65.3 Å². The van der Waals surface area contributed by atoms with E-state index in [9.17, 15) is 9.59 Å². The summed E-state index contributed by atoms with van der Waals surface area (Å²) in [6.45, 7) is 2.05. The van der Waals surface area contributed by atoms with E-state index in [4.69, 9.17) is 9.15 Å². The molecule has 3 aromatic rings. The van der Waals surface area contributed by atoms with Gasteiger partial charge < -0.3 is 19.8 Å². The van der Waals surface area contributed by atoms with Crippen LogP contribution >= 0.6 is 0 Å². The number of amides is 2. The molecule has 0 atom stereocenters. The van der Waals surface area contributed by atoms with Crippen molar-refractivity contribution in [3.63, 3.8) is 0 Å². The molecule has 31 heavy (non-hydrogen) atoms. The largest absolute Gasteiger partial charge is 0.494 e. The molecule has 1 aliphatic rings. The lowest BCUT2D eigenvalue weighted by atomic mass is 9.77. The lowest BCUT2D eigenvalue weighted by molar-refractivity contribution is -0.121. The van der Waals surface area contributed by atoms with Crippen molar-refractivity contribution in [2.45, 2.75) is 38.0 Å². The molecule has 0 unspecified atom stereocenters. The van der Waals surface area contributed by atoms with E-state index in [1.165, 1.54) is 18.9 Å². The number of ether oxygens (including phenoxy) is 1. The zero-order valence-electron chi connectivity index (χ0n) is 17.7. The van der Waals surface area contributed by atoms with Gasteiger partial charge in [-0.3, -0.25) is 9.59 Å². The van der Waals surface area contributed by atoms with Crippen LogP contribution < -0.4 is 15.4 Å². The number of nitrogens with one attached hydrogen (secondary N) is 2. The van der Waals surface area contributed by atoms with Crippen molar-refractivity contribution in [3.8, 4) is 5.75 Å². The number of anilines is 2. The van der Waals surface area contributed by atoms with E-state index in [2.05, 4.69) is 34.9 Å². The van der Waals surface area contributed by atoms with E-state index < -0.39 is 5.41 Å². The van der Waals surface area contributed by atoms with Crippen LogP contribution in [0.4, 0.5) is 11.4 Å². The van der Waals surface area contributed by atoms with Crippen LogP contribution in [0.5, 0.6) is 5.75 Å². The first-order valence-electron chi connectivity index (χ1n) is 10.4. The van der Waals surface area contributed by atoms with E-state index in [0.29, 0.717) is 17.1 Å². The van der Waals surface area contributed by atoms with Gasteiger partial charge in [0.1, 0.15) is 5.75 Å². The van der Waals surface area contributed by atoms with Crippen molar-refractivity contribution in [2.24, 2.45) is 0 Å². The first kappa shape index (κ1) is 20.7. The Balaban J connectivity index is 1.54. The molecule has 160 valence electrons. The van der Waals surface area contributed by atoms with Crippen LogP contribution in [-0.2, 0) is 10.2 Å². The Morgan fingerprint density at radius 3 is 2.39 bits per heavy atom. The minimum atomic E-state index is -0.521. The SMILES string of the molecule is COc1cc(NC(=O)C2(c3ccc(C)cc3)CCCC2)ccc1NC(=O)c1ccco1. The second-order valence-corrected chi connectivity index (χ2v) is 7.96. The average Bonchev–Trinajstić information content (AvgIpc) is 3.48. The zero-order chi connectivity index (χ0) is 21.8. The normalized spacial score (nSPS) is 14.8. The molecule has 6 heteroatoms. The van der Waals surface area contributed by atoms with Gasteiger partial charge in [0.25, 0.3) is 5.91 Å². The lowest BCUT2D eigenvalue weighted by Gasteiger charge is -2.28. The van der Waals surface area contributed by atoms with Gasteiger partial charge in [0.05, 0.1) is 24.5 Å². The molecule has 0 spiro atoms. The molecule has 2 amide bonds. The van der Waals surface area contributed by atoms with Gasteiger partial charge in [-0.2, -0.15) is 0 Å². The molecular formula is C25H26N2O4. The molecular weight excluding hydrogens is 392 g/mol. The first-order valence-corrected chi connectivity index (χ1v) is 10.4. The summed E-state index contributed by atoms with van der Waals surface area (Å²) in [6.07, 6.45) is 5.16. The van der Waals surface area contributed by atoms with E-state index in [-0.39, 0.29) is 17.6 Å². The Morgan fingerprint density at radius 1 is 1.00 bits per heavy atom. The third-order valence-electron chi connectivity index (χ3n) is 5.95. The van der Waals surface area contributed by atoms with Gasteiger partial charge in [-0.15, -0.1) is 0 Å². The van der Waals surface area contributed by atoms with Gasteiger partial charge in [0.15, 0.2) is 5.76 Å². The van der Waals surface area contributed by atoms with Crippen LogP contribution in [0.1, 0.15) is 47.4 Å². The standard InChI is InChI=1S/C25H26N2O4/c1-17-7-9-18(10-8-17)25(13-3-4-14-25)24(29)26-19-11-12-20(22(16-19)30-2)27-23(28)21-6-5-15-31-21/h5-12,15-16H,3-4,13-14H2,1-2H3,(H,26,29)(H,27,28). The number of hydrogen-bond donors (Lipinski definition) is 2. The van der Waals surface area contributed by atoms with Crippen LogP contribution in [0.25, 0.3) is 0 Å². The van der Waals surface area contributed by atoms with Crippen molar-refractivity contribution in [3.05, 3.63) is 77.7 Å². The molecule has 0 saturated heterocycles. The molecule has 0 radical (unpaired) electrons. The fourth-order valence-electron chi connectivity index (χ4n) is 4.21. The molecule has 4 rings (SSSR count). The monoisotopic (exact) mass is 418 g/mol. The Morgan fingerprint density at radius 2 is 1.74 bits per heavy atom. The second-order valence-electron chi connectivity index (χ2n) is 7.96. The number of methoxy groups -OCH3 is 1. The summed E-state index contributed by atoms with van der Waals surface area (Å²) < 4.78 is 10.6. The molecule has 2 N–H and O–H groups in total. The van der Waals surface area contributed by atoms with Gasteiger partial charge >= 0.3 is 0 Å². The van der Waals surface area contributed by atoms with E-state index in [1.807, 2.05) is 6.92 Å².